The summed E-state index contributed by atoms with van der Waals surface area (Å²) in [6, 6.07) is 9.09. The van der Waals surface area contributed by atoms with E-state index in [0.717, 1.165) is 22.4 Å². The highest BCUT2D eigenvalue weighted by molar-refractivity contribution is 6.32. The maximum atomic E-state index is 12.0. The Bertz CT molecular complexity index is 691. The molecule has 22 heavy (non-hydrogen) atoms. The van der Waals surface area contributed by atoms with E-state index in [1.54, 1.807) is 18.2 Å². The van der Waals surface area contributed by atoms with E-state index >= 15 is 0 Å². The molecule has 0 saturated carbocycles. The molecule has 0 atom stereocenters. The lowest BCUT2D eigenvalue weighted by atomic mass is 10.1. The number of carbonyl (C=O) groups excluding carboxylic acids is 1. The van der Waals surface area contributed by atoms with Crippen molar-refractivity contribution in [2.24, 2.45) is 0 Å². The quantitative estimate of drug-likeness (QED) is 0.841. The Kier molecular flexibility index (Phi) is 4.93. The number of rotatable bonds is 4. The lowest BCUT2D eigenvalue weighted by molar-refractivity contribution is -0.118. The highest BCUT2D eigenvalue weighted by Crippen LogP contribution is 2.29. The zero-order valence-electron chi connectivity index (χ0n) is 12.9. The number of hydrogen-bond donors (Lipinski definition) is 2. The van der Waals surface area contributed by atoms with Gasteiger partial charge in [-0.3, -0.25) is 4.79 Å². The zero-order chi connectivity index (χ0) is 16.3. The Labute approximate surface area is 135 Å². The lowest BCUT2D eigenvalue weighted by Gasteiger charge is -2.13. The average molecular weight is 319 g/mol. The molecule has 0 aliphatic carbocycles. The summed E-state index contributed by atoms with van der Waals surface area (Å²) in [4.78, 5) is 12.0. The molecule has 0 unspecified atom stereocenters. The van der Waals surface area contributed by atoms with Crippen molar-refractivity contribution in [2.75, 3.05) is 17.7 Å². The summed E-state index contributed by atoms with van der Waals surface area (Å²) in [6.45, 7) is 5.64. The lowest BCUT2D eigenvalue weighted by Crippen LogP contribution is -2.21. The zero-order valence-corrected chi connectivity index (χ0v) is 13.6. The molecule has 0 saturated heterocycles. The van der Waals surface area contributed by atoms with Gasteiger partial charge in [0.05, 0.1) is 5.02 Å². The molecule has 0 heterocycles. The molecule has 0 aromatic heterocycles. The summed E-state index contributed by atoms with van der Waals surface area (Å²) >= 11 is 6.15. The van der Waals surface area contributed by atoms with Gasteiger partial charge in [0.15, 0.2) is 6.61 Å². The fourth-order valence-corrected chi connectivity index (χ4v) is 2.61. The normalized spacial score (nSPS) is 10.4. The van der Waals surface area contributed by atoms with E-state index in [-0.39, 0.29) is 12.5 Å². The standard InChI is InChI=1S/C17H19ClN2O2/c1-10-6-12(3)17(14(18)7-10)22-9-16(21)20-15-5-4-13(19)8-11(15)2/h4-8H,9,19H2,1-3H3,(H,20,21). The molecule has 0 spiro atoms. The van der Waals surface area contributed by atoms with E-state index in [1.807, 2.05) is 32.9 Å². The Morgan fingerprint density at radius 2 is 1.91 bits per heavy atom. The third-order valence-electron chi connectivity index (χ3n) is 3.25. The number of hydrogen-bond acceptors (Lipinski definition) is 3. The van der Waals surface area contributed by atoms with E-state index in [0.29, 0.717) is 16.5 Å². The van der Waals surface area contributed by atoms with Crippen LogP contribution in [0.1, 0.15) is 16.7 Å². The largest absolute Gasteiger partial charge is 0.482 e. The van der Waals surface area contributed by atoms with Gasteiger partial charge in [-0.25, -0.2) is 0 Å². The molecule has 116 valence electrons. The number of anilines is 2. The second-order valence-corrected chi connectivity index (χ2v) is 5.71. The summed E-state index contributed by atoms with van der Waals surface area (Å²) in [5.74, 6) is 0.292. The van der Waals surface area contributed by atoms with Gasteiger partial charge in [0.1, 0.15) is 5.75 Å². The third kappa shape index (κ3) is 3.92. The van der Waals surface area contributed by atoms with Crippen molar-refractivity contribution in [3.05, 3.63) is 52.0 Å². The number of nitrogens with one attached hydrogen (secondary N) is 1. The molecule has 3 N–H and O–H groups in total. The third-order valence-corrected chi connectivity index (χ3v) is 3.53. The Morgan fingerprint density at radius 3 is 2.55 bits per heavy atom. The minimum atomic E-state index is -0.246. The molecule has 0 radical (unpaired) electrons. The van der Waals surface area contributed by atoms with E-state index in [9.17, 15) is 4.79 Å². The molecule has 5 heteroatoms. The van der Waals surface area contributed by atoms with Crippen molar-refractivity contribution in [3.63, 3.8) is 0 Å². The van der Waals surface area contributed by atoms with Crippen LogP contribution in [0.4, 0.5) is 11.4 Å². The fraction of sp³-hybridized carbons (Fsp3) is 0.235. The maximum absolute atomic E-state index is 12.0. The topological polar surface area (TPSA) is 64.3 Å². The highest BCUT2D eigenvalue weighted by Gasteiger charge is 2.10. The minimum Gasteiger partial charge on any atom is -0.482 e. The van der Waals surface area contributed by atoms with Gasteiger partial charge in [-0.1, -0.05) is 17.7 Å². The predicted molar refractivity (Wildman–Crippen MR) is 90.6 cm³/mol. The molecule has 0 aliphatic heterocycles. The van der Waals surface area contributed by atoms with Crippen LogP contribution in [0.3, 0.4) is 0 Å². The number of nitrogen functional groups attached to an aromatic ring is 1. The molecule has 2 rings (SSSR count). The highest BCUT2D eigenvalue weighted by atomic mass is 35.5. The number of nitrogens with two attached hydrogens (primary N) is 1. The molecule has 4 nitrogen and oxygen atoms in total. The molecule has 2 aromatic rings. The summed E-state index contributed by atoms with van der Waals surface area (Å²) in [7, 11) is 0. The predicted octanol–water partition coefficient (Wildman–Crippen LogP) is 3.86. The van der Waals surface area contributed by atoms with Crippen LogP contribution in [0.2, 0.25) is 5.02 Å². The fourth-order valence-electron chi connectivity index (χ4n) is 2.24. The number of halogens is 1. The van der Waals surface area contributed by atoms with Gasteiger partial charge in [-0.15, -0.1) is 0 Å². The van der Waals surface area contributed by atoms with Crippen LogP contribution >= 0.6 is 11.6 Å². The van der Waals surface area contributed by atoms with Crippen LogP contribution in [0, 0.1) is 20.8 Å². The summed E-state index contributed by atoms with van der Waals surface area (Å²) in [5, 5.41) is 3.30. The van der Waals surface area contributed by atoms with Gasteiger partial charge >= 0.3 is 0 Å². The summed E-state index contributed by atoms with van der Waals surface area (Å²) < 4.78 is 5.55. The number of aryl methyl sites for hydroxylation is 3. The number of benzene rings is 2. The number of carbonyl (C=O) groups is 1. The molecule has 0 aliphatic rings. The van der Waals surface area contributed by atoms with Gasteiger partial charge in [0.2, 0.25) is 0 Å². The monoisotopic (exact) mass is 318 g/mol. The van der Waals surface area contributed by atoms with Crippen LogP contribution in [-0.2, 0) is 4.79 Å². The smallest absolute Gasteiger partial charge is 0.262 e. The van der Waals surface area contributed by atoms with E-state index in [4.69, 9.17) is 22.1 Å². The van der Waals surface area contributed by atoms with Crippen molar-refractivity contribution in [1.82, 2.24) is 0 Å². The van der Waals surface area contributed by atoms with Crippen molar-refractivity contribution in [3.8, 4) is 5.75 Å². The first-order valence-corrected chi connectivity index (χ1v) is 7.30. The van der Waals surface area contributed by atoms with Gasteiger partial charge in [0.25, 0.3) is 5.91 Å². The van der Waals surface area contributed by atoms with Crippen LogP contribution in [-0.4, -0.2) is 12.5 Å². The Balaban J connectivity index is 2.02. The van der Waals surface area contributed by atoms with Gasteiger partial charge in [-0.2, -0.15) is 0 Å². The Morgan fingerprint density at radius 1 is 1.18 bits per heavy atom. The summed E-state index contributed by atoms with van der Waals surface area (Å²) in [5.41, 5.74) is 9.92. The SMILES string of the molecule is Cc1cc(C)c(OCC(=O)Nc2ccc(N)cc2C)c(Cl)c1. The van der Waals surface area contributed by atoms with E-state index in [1.165, 1.54) is 0 Å². The molecular formula is C17H19ClN2O2. The second-order valence-electron chi connectivity index (χ2n) is 5.30. The van der Waals surface area contributed by atoms with Crippen molar-refractivity contribution >= 4 is 28.9 Å². The Hall–Kier alpha value is -2.20. The van der Waals surface area contributed by atoms with Gasteiger partial charge in [-0.05, 0) is 61.7 Å². The first-order chi connectivity index (χ1) is 10.4. The van der Waals surface area contributed by atoms with E-state index < -0.39 is 0 Å². The van der Waals surface area contributed by atoms with Crippen molar-refractivity contribution in [2.45, 2.75) is 20.8 Å². The molecular weight excluding hydrogens is 300 g/mol. The first-order valence-electron chi connectivity index (χ1n) is 6.92. The van der Waals surface area contributed by atoms with Crippen molar-refractivity contribution < 1.29 is 9.53 Å². The maximum Gasteiger partial charge on any atom is 0.262 e. The average Bonchev–Trinajstić information content (AvgIpc) is 2.40. The van der Waals surface area contributed by atoms with E-state index in [2.05, 4.69) is 5.32 Å². The number of amides is 1. The van der Waals surface area contributed by atoms with Crippen LogP contribution in [0.5, 0.6) is 5.75 Å². The molecule has 0 fully saturated rings. The molecule has 1 amide bonds. The summed E-state index contributed by atoms with van der Waals surface area (Å²) in [6.07, 6.45) is 0. The molecule has 0 bridgehead atoms. The number of ether oxygens (including phenoxy) is 1. The van der Waals surface area contributed by atoms with Crippen LogP contribution in [0.15, 0.2) is 30.3 Å². The molecule has 2 aromatic carbocycles. The van der Waals surface area contributed by atoms with Crippen molar-refractivity contribution in [1.29, 1.82) is 0 Å². The van der Waals surface area contributed by atoms with Gasteiger partial charge < -0.3 is 15.8 Å². The second kappa shape index (κ2) is 6.71. The van der Waals surface area contributed by atoms with Crippen LogP contribution < -0.4 is 15.8 Å². The van der Waals surface area contributed by atoms with Gasteiger partial charge in [0, 0.05) is 11.4 Å². The van der Waals surface area contributed by atoms with Crippen LogP contribution in [0.25, 0.3) is 0 Å². The first kappa shape index (κ1) is 16.2. The minimum absolute atomic E-state index is 0.104.